The van der Waals surface area contributed by atoms with E-state index in [-0.39, 0.29) is 4.90 Å². The molecule has 7 nitrogen and oxygen atoms in total. The molecule has 1 heterocycles. The monoisotopic (exact) mass is 452 g/mol. The van der Waals surface area contributed by atoms with Crippen LogP contribution in [0.1, 0.15) is 49.9 Å². The Labute approximate surface area is 183 Å². The largest absolute Gasteiger partial charge is 0.309 e. The molecule has 166 valence electrons. The van der Waals surface area contributed by atoms with Gasteiger partial charge in [0.05, 0.1) is 10.6 Å². The summed E-state index contributed by atoms with van der Waals surface area (Å²) in [6, 6.07) is 5.47. The Bertz CT molecular complexity index is 951. The van der Waals surface area contributed by atoms with Crippen LogP contribution in [-0.2, 0) is 22.9 Å². The third kappa shape index (κ3) is 6.33. The second kappa shape index (κ2) is 10.5. The van der Waals surface area contributed by atoms with E-state index in [1.54, 1.807) is 11.4 Å². The Hall–Kier alpha value is -1.84. The van der Waals surface area contributed by atoms with Crippen molar-refractivity contribution in [1.82, 2.24) is 9.88 Å². The van der Waals surface area contributed by atoms with Crippen molar-refractivity contribution in [2.24, 2.45) is 5.18 Å². The maximum absolute atomic E-state index is 12.9. The minimum atomic E-state index is -3.74. The van der Waals surface area contributed by atoms with E-state index in [0.717, 1.165) is 24.9 Å². The van der Waals surface area contributed by atoms with Crippen LogP contribution in [0, 0.1) is 11.8 Å². The number of rotatable bonds is 12. The summed E-state index contributed by atoms with van der Waals surface area (Å²) in [5.41, 5.74) is 1.82. The Morgan fingerprint density at radius 2 is 1.93 bits per heavy atom. The maximum atomic E-state index is 12.9. The maximum Gasteiger partial charge on any atom is 0.263 e. The van der Waals surface area contributed by atoms with E-state index in [2.05, 4.69) is 19.8 Å². The molecular weight excluding hydrogens is 420 g/mol. The summed E-state index contributed by atoms with van der Waals surface area (Å²) < 4.78 is 28.3. The number of nitrogens with one attached hydrogen (secondary N) is 1. The number of anilines is 1. The number of hydrogen-bond donors (Lipinski definition) is 1. The van der Waals surface area contributed by atoms with Crippen molar-refractivity contribution < 1.29 is 8.42 Å². The second-order valence-electron chi connectivity index (χ2n) is 7.96. The van der Waals surface area contributed by atoms with Gasteiger partial charge in [-0.2, -0.15) is 4.91 Å². The van der Waals surface area contributed by atoms with Crippen molar-refractivity contribution in [3.8, 4) is 0 Å². The summed E-state index contributed by atoms with van der Waals surface area (Å²) in [6.45, 7) is 6.65. The van der Waals surface area contributed by atoms with Crippen molar-refractivity contribution in [3.05, 3.63) is 45.3 Å². The number of nitroso groups, excluding NO2 is 1. The van der Waals surface area contributed by atoms with Crippen molar-refractivity contribution in [2.75, 3.05) is 25.4 Å². The zero-order chi connectivity index (χ0) is 22.4. The van der Waals surface area contributed by atoms with Gasteiger partial charge < -0.3 is 4.90 Å². The number of thiazole rings is 1. The van der Waals surface area contributed by atoms with Crippen LogP contribution in [0.15, 0.2) is 33.7 Å². The predicted molar refractivity (Wildman–Crippen MR) is 124 cm³/mol. The van der Waals surface area contributed by atoms with Gasteiger partial charge in [-0.25, -0.2) is 13.4 Å². The third-order valence-corrected chi connectivity index (χ3v) is 7.83. The minimum absolute atomic E-state index is 0.252. The number of benzene rings is 1. The van der Waals surface area contributed by atoms with Crippen molar-refractivity contribution in [1.29, 1.82) is 0 Å². The summed E-state index contributed by atoms with van der Waals surface area (Å²) in [5.74, 6) is 0. The van der Waals surface area contributed by atoms with E-state index < -0.39 is 15.6 Å². The number of nitrogens with zero attached hydrogens (tertiary/aromatic N) is 3. The molecule has 2 rings (SSSR count). The number of aromatic nitrogens is 1. The molecule has 0 aliphatic carbocycles. The van der Waals surface area contributed by atoms with Crippen molar-refractivity contribution >= 4 is 26.5 Å². The van der Waals surface area contributed by atoms with Crippen molar-refractivity contribution in [3.63, 3.8) is 0 Å². The van der Waals surface area contributed by atoms with Crippen LogP contribution in [0.25, 0.3) is 0 Å². The van der Waals surface area contributed by atoms with Crippen LogP contribution in [0.3, 0.4) is 0 Å². The molecule has 1 N–H and O–H groups in total. The fraction of sp³-hybridized carbons (Fsp3) is 0.571. The molecule has 0 amide bonds. The molecule has 0 aliphatic heterocycles. The fourth-order valence-corrected chi connectivity index (χ4v) is 5.56. The van der Waals surface area contributed by atoms with Gasteiger partial charge in [-0.3, -0.25) is 4.72 Å². The second-order valence-corrected chi connectivity index (χ2v) is 10.5. The number of sulfonamides is 1. The molecule has 0 saturated heterocycles. The highest BCUT2D eigenvalue weighted by Crippen LogP contribution is 2.28. The van der Waals surface area contributed by atoms with Gasteiger partial charge in [0.1, 0.15) is 5.54 Å². The predicted octanol–water partition coefficient (Wildman–Crippen LogP) is 4.61. The lowest BCUT2D eigenvalue weighted by Crippen LogP contribution is -2.27. The lowest BCUT2D eigenvalue weighted by atomic mass is 9.89. The molecule has 2 aromatic rings. The summed E-state index contributed by atoms with van der Waals surface area (Å²) in [6.07, 6.45) is 3.56. The summed E-state index contributed by atoms with van der Waals surface area (Å²) >= 11 is 1.22. The van der Waals surface area contributed by atoms with Gasteiger partial charge in [0.15, 0.2) is 5.13 Å². The van der Waals surface area contributed by atoms with Crippen LogP contribution in [0.5, 0.6) is 0 Å². The first-order valence-corrected chi connectivity index (χ1v) is 12.6. The van der Waals surface area contributed by atoms with E-state index in [0.29, 0.717) is 35.7 Å². The normalized spacial score (nSPS) is 12.3. The molecule has 30 heavy (non-hydrogen) atoms. The fourth-order valence-electron chi connectivity index (χ4n) is 3.37. The Kier molecular flexibility index (Phi) is 8.52. The van der Waals surface area contributed by atoms with Gasteiger partial charge in [0.2, 0.25) is 0 Å². The van der Waals surface area contributed by atoms with Crippen LogP contribution in [0.4, 0.5) is 5.13 Å². The molecule has 1 aromatic heterocycles. The summed E-state index contributed by atoms with van der Waals surface area (Å²) in [5, 5.41) is 5.39. The average Bonchev–Trinajstić information content (AvgIpc) is 3.11. The van der Waals surface area contributed by atoms with Crippen molar-refractivity contribution in [2.45, 2.75) is 63.3 Å². The highest BCUT2D eigenvalue weighted by atomic mass is 32.2. The topological polar surface area (TPSA) is 91.7 Å². The lowest BCUT2D eigenvalue weighted by molar-refractivity contribution is 0.390. The Morgan fingerprint density at radius 1 is 1.23 bits per heavy atom. The Morgan fingerprint density at radius 3 is 2.50 bits per heavy atom. The van der Waals surface area contributed by atoms with Crippen LogP contribution in [-0.4, -0.2) is 44.5 Å². The quantitative estimate of drug-likeness (QED) is 0.475. The average molecular weight is 453 g/mol. The molecule has 0 spiro atoms. The number of aryl methyl sites for hydroxylation is 2. The first-order valence-electron chi connectivity index (χ1n) is 10.2. The van der Waals surface area contributed by atoms with E-state index in [9.17, 15) is 13.3 Å². The van der Waals surface area contributed by atoms with Gasteiger partial charge in [-0.15, -0.1) is 11.3 Å². The van der Waals surface area contributed by atoms with E-state index in [1.165, 1.54) is 11.3 Å². The highest BCUT2D eigenvalue weighted by molar-refractivity contribution is 7.93. The minimum Gasteiger partial charge on any atom is -0.309 e. The molecule has 0 saturated carbocycles. The van der Waals surface area contributed by atoms with E-state index >= 15 is 0 Å². The first kappa shape index (κ1) is 24.4. The molecule has 0 radical (unpaired) electrons. The molecule has 0 unspecified atom stereocenters. The zero-order valence-electron chi connectivity index (χ0n) is 18.4. The van der Waals surface area contributed by atoms with Gasteiger partial charge in [0.25, 0.3) is 10.0 Å². The third-order valence-electron chi connectivity index (χ3n) is 5.39. The molecule has 9 heteroatoms. The molecule has 0 fully saturated rings. The van der Waals surface area contributed by atoms with Gasteiger partial charge in [0, 0.05) is 11.8 Å². The van der Waals surface area contributed by atoms with Gasteiger partial charge in [-0.1, -0.05) is 31.2 Å². The van der Waals surface area contributed by atoms with Crippen LogP contribution >= 0.6 is 11.3 Å². The first-order chi connectivity index (χ1) is 14.1. The van der Waals surface area contributed by atoms with Crippen LogP contribution < -0.4 is 4.72 Å². The molecule has 0 bridgehead atoms. The zero-order valence-corrected chi connectivity index (χ0v) is 20.1. The smallest absolute Gasteiger partial charge is 0.263 e. The summed E-state index contributed by atoms with van der Waals surface area (Å²) in [4.78, 5) is 18.1. The van der Waals surface area contributed by atoms with Gasteiger partial charge >= 0.3 is 0 Å². The van der Waals surface area contributed by atoms with E-state index in [4.69, 9.17) is 0 Å². The lowest BCUT2D eigenvalue weighted by Gasteiger charge is -2.21. The Balaban J connectivity index is 2.12. The standard InChI is InChI=1S/C21H32N4O3S2/c1-6-21(7-2,24-26)14-18-15-29-20(22-18)23-30(27,28)19-11-10-17(13-16(19)3)9-8-12-25(4)5/h10-11,13,15H,6-9,12,14H2,1-5H3,(H,22,23). The molecule has 0 atom stereocenters. The molecule has 1 aromatic carbocycles. The SMILES string of the molecule is CCC(CC)(Cc1csc(NS(=O)(=O)c2ccc(CCCN(C)C)cc2C)n1)N=O. The molecular formula is C21H32N4O3S2. The van der Waals surface area contributed by atoms with Crippen LogP contribution in [0.2, 0.25) is 0 Å². The highest BCUT2D eigenvalue weighted by Gasteiger charge is 2.29. The van der Waals surface area contributed by atoms with Gasteiger partial charge in [-0.05, 0) is 70.4 Å². The molecule has 0 aliphatic rings. The number of hydrogen-bond acceptors (Lipinski definition) is 7. The van der Waals surface area contributed by atoms with E-state index in [1.807, 2.05) is 47.0 Å². The summed E-state index contributed by atoms with van der Waals surface area (Å²) in [7, 11) is 0.339.